The van der Waals surface area contributed by atoms with E-state index in [9.17, 15) is 9.60 Å². The standard InChI is InChI=1S/C52H46BN3O/c1-51(2,3)35-27-30-47-42(31-35)49-50(57-47)53-43-29-28-41(54(37-19-11-7-12-20-37)38-21-13-8-14-22-38)34-44(43)55(39-23-15-9-16-24-39)45-32-36(52(4,5)6)33-46(48(45)53)56(49)40-25-17-10-18-26-40/h7-34H,1-6H3/i7D,8D,11D,12D,13D,14D,19D,20D,21D,22D,28D,29D,34D. The zero-order valence-electron chi connectivity index (χ0n) is 45.5. The van der Waals surface area contributed by atoms with Crippen molar-refractivity contribution in [1.82, 2.24) is 0 Å². The number of furan rings is 1. The molecule has 8 aromatic rings. The van der Waals surface area contributed by atoms with Gasteiger partial charge in [-0.3, -0.25) is 0 Å². The van der Waals surface area contributed by atoms with Crippen LogP contribution in [-0.4, -0.2) is 6.71 Å². The first-order valence-corrected chi connectivity index (χ1v) is 19.0. The molecule has 10 rings (SSSR count). The number of hydrogen-bond donors (Lipinski definition) is 0. The van der Waals surface area contributed by atoms with Gasteiger partial charge in [0.05, 0.1) is 29.2 Å². The fourth-order valence-corrected chi connectivity index (χ4v) is 8.00. The largest absolute Gasteiger partial charge is 0.468 e. The maximum absolute atomic E-state index is 10.5. The molecule has 0 aliphatic carbocycles. The van der Waals surface area contributed by atoms with Gasteiger partial charge < -0.3 is 19.1 Å². The minimum Gasteiger partial charge on any atom is -0.468 e. The molecule has 0 atom stereocenters. The lowest BCUT2D eigenvalue weighted by molar-refractivity contribution is 0.590. The van der Waals surface area contributed by atoms with Crippen molar-refractivity contribution in [2.75, 3.05) is 14.7 Å². The third-order valence-electron chi connectivity index (χ3n) is 10.8. The Bertz CT molecular complexity index is 3410. The van der Waals surface area contributed by atoms with Gasteiger partial charge in [0.1, 0.15) is 5.58 Å². The summed E-state index contributed by atoms with van der Waals surface area (Å²) in [4.78, 5) is 4.84. The molecule has 278 valence electrons. The molecule has 0 radical (unpaired) electrons. The van der Waals surface area contributed by atoms with Crippen LogP contribution < -0.4 is 31.3 Å². The Kier molecular flexibility index (Phi) is 5.40. The maximum Gasteiger partial charge on any atom is 0.297 e. The van der Waals surface area contributed by atoms with Gasteiger partial charge >= 0.3 is 0 Å². The highest BCUT2D eigenvalue weighted by atomic mass is 16.3. The van der Waals surface area contributed by atoms with E-state index in [-0.39, 0.29) is 16.6 Å². The zero-order chi connectivity index (χ0) is 50.4. The van der Waals surface area contributed by atoms with Crippen LogP contribution in [0.3, 0.4) is 0 Å². The van der Waals surface area contributed by atoms with Crippen molar-refractivity contribution in [3.05, 3.63) is 181 Å². The first kappa shape index (κ1) is 23.6. The number of rotatable bonds is 5. The minimum atomic E-state index is -0.931. The molecule has 5 heteroatoms. The molecule has 0 bridgehead atoms. The maximum atomic E-state index is 10.5. The average Bonchev–Trinajstić information content (AvgIpc) is 3.71. The predicted molar refractivity (Wildman–Crippen MR) is 242 cm³/mol. The summed E-state index contributed by atoms with van der Waals surface area (Å²) in [5, 5.41) is 0.806. The zero-order valence-corrected chi connectivity index (χ0v) is 32.5. The van der Waals surface area contributed by atoms with Crippen molar-refractivity contribution in [1.29, 1.82) is 0 Å². The number of fused-ring (bicyclic) bond motifs is 6. The number of anilines is 9. The average molecular weight is 753 g/mol. The van der Waals surface area contributed by atoms with E-state index in [0.29, 0.717) is 28.3 Å². The molecule has 0 fully saturated rings. The Morgan fingerprint density at radius 3 is 1.70 bits per heavy atom. The summed E-state index contributed by atoms with van der Waals surface area (Å²) < 4.78 is 126. The molecule has 0 amide bonds. The normalized spacial score (nSPS) is 16.5. The Morgan fingerprint density at radius 1 is 0.561 bits per heavy atom. The highest BCUT2D eigenvalue weighted by Gasteiger charge is 2.47. The molecule has 2 aliphatic heterocycles. The van der Waals surface area contributed by atoms with Gasteiger partial charge in [-0.1, -0.05) is 126 Å². The highest BCUT2D eigenvalue weighted by Crippen LogP contribution is 2.49. The quantitative estimate of drug-likeness (QED) is 0.163. The molecule has 57 heavy (non-hydrogen) atoms. The number of hydrogen-bond acceptors (Lipinski definition) is 4. The molecule has 0 saturated carbocycles. The molecular weight excluding hydrogens is 693 g/mol. The van der Waals surface area contributed by atoms with Crippen LogP contribution in [0.1, 0.15) is 70.5 Å². The summed E-state index contributed by atoms with van der Waals surface area (Å²) >= 11 is 0. The van der Waals surface area contributed by atoms with E-state index >= 15 is 0 Å². The van der Waals surface area contributed by atoms with Crippen molar-refractivity contribution < 1.29 is 22.2 Å². The second kappa shape index (κ2) is 13.1. The van der Waals surface area contributed by atoms with Gasteiger partial charge in [0.25, 0.3) is 6.71 Å². The summed E-state index contributed by atoms with van der Waals surface area (Å²) in [7, 11) is 0. The van der Waals surface area contributed by atoms with Gasteiger partial charge in [-0.05, 0) is 118 Å². The Balaban J connectivity index is 1.42. The van der Waals surface area contributed by atoms with E-state index in [0.717, 1.165) is 38.3 Å². The minimum absolute atomic E-state index is 0.0800. The first-order chi connectivity index (χ1) is 33.0. The van der Waals surface area contributed by atoms with Crippen molar-refractivity contribution in [2.24, 2.45) is 0 Å². The lowest BCUT2D eigenvalue weighted by Crippen LogP contribution is -2.61. The number of para-hydroxylation sites is 4. The Morgan fingerprint density at radius 2 is 1.12 bits per heavy atom. The summed E-state index contributed by atoms with van der Waals surface area (Å²) in [5.41, 5.74) is 4.92. The third-order valence-corrected chi connectivity index (χ3v) is 10.8. The second-order valence-corrected chi connectivity index (χ2v) is 16.5. The molecular formula is C52H46BN3O. The molecule has 3 heterocycles. The predicted octanol–water partition coefficient (Wildman–Crippen LogP) is 12.6. The van der Waals surface area contributed by atoms with Gasteiger partial charge in [0.15, 0.2) is 0 Å². The van der Waals surface area contributed by atoms with Gasteiger partial charge in [-0.2, -0.15) is 0 Å². The van der Waals surface area contributed by atoms with Gasteiger partial charge in [0, 0.05) is 50.9 Å². The SMILES string of the molecule is [2H]c1c([2H])c([2H])c(N(c2c([2H])c([2H])c([2H])c([2H])c2[2H])c2c([2H])c([2H])c3c(c2[2H])N(c2ccccc2)c2cc(C(C)(C)C)cc4c2B3c2oc3ccc(C(C)(C)C)cc3c2N4c2ccccc2)c([2H])c1[2H]. The summed E-state index contributed by atoms with van der Waals surface area (Å²) in [5.74, 6) is 0. The summed E-state index contributed by atoms with van der Waals surface area (Å²) in [6.07, 6.45) is 0. The van der Waals surface area contributed by atoms with Crippen molar-refractivity contribution in [2.45, 2.75) is 52.4 Å². The molecule has 0 unspecified atom stereocenters. The second-order valence-electron chi connectivity index (χ2n) is 16.5. The first-order valence-electron chi connectivity index (χ1n) is 25.5. The van der Waals surface area contributed by atoms with E-state index < -0.39 is 108 Å². The van der Waals surface area contributed by atoms with Gasteiger partial charge in [-0.15, -0.1) is 0 Å². The van der Waals surface area contributed by atoms with Gasteiger partial charge in [0.2, 0.25) is 0 Å². The van der Waals surface area contributed by atoms with Crippen LogP contribution in [0.5, 0.6) is 0 Å². The Labute approximate surface area is 355 Å². The third kappa shape index (κ3) is 5.75. The molecule has 2 aliphatic rings. The fraction of sp³-hybridized carbons (Fsp3) is 0.154. The van der Waals surface area contributed by atoms with Crippen LogP contribution >= 0.6 is 0 Å². The topological polar surface area (TPSA) is 22.9 Å². The molecule has 0 saturated heterocycles. The van der Waals surface area contributed by atoms with E-state index in [4.69, 9.17) is 12.6 Å². The monoisotopic (exact) mass is 752 g/mol. The molecule has 7 aromatic carbocycles. The van der Waals surface area contributed by atoms with Crippen molar-refractivity contribution in [3.8, 4) is 0 Å². The smallest absolute Gasteiger partial charge is 0.297 e. The van der Waals surface area contributed by atoms with Crippen LogP contribution in [0.25, 0.3) is 11.0 Å². The van der Waals surface area contributed by atoms with E-state index in [2.05, 4.69) is 64.6 Å². The van der Waals surface area contributed by atoms with E-state index in [1.54, 1.807) is 0 Å². The van der Waals surface area contributed by atoms with E-state index in [1.165, 1.54) is 0 Å². The van der Waals surface area contributed by atoms with Crippen LogP contribution in [0, 0.1) is 0 Å². The summed E-state index contributed by atoms with van der Waals surface area (Å²) in [6.45, 7) is 11.8. The highest BCUT2D eigenvalue weighted by molar-refractivity contribution is 7.00. The van der Waals surface area contributed by atoms with E-state index in [1.807, 2.05) is 77.7 Å². The molecule has 4 nitrogen and oxygen atoms in total. The lowest BCUT2D eigenvalue weighted by atomic mass is 9.35. The molecule has 0 spiro atoms. The van der Waals surface area contributed by atoms with Crippen LogP contribution in [0.4, 0.5) is 51.2 Å². The molecule has 0 N–H and O–H groups in total. The Hall–Kier alpha value is -6.46. The summed E-state index contributed by atoms with van der Waals surface area (Å²) in [6, 6.07) is 19.9. The van der Waals surface area contributed by atoms with Crippen LogP contribution in [0.2, 0.25) is 0 Å². The van der Waals surface area contributed by atoms with Gasteiger partial charge in [-0.25, -0.2) is 0 Å². The number of nitrogens with zero attached hydrogens (tertiary/aromatic N) is 3. The van der Waals surface area contributed by atoms with Crippen molar-refractivity contribution in [3.63, 3.8) is 0 Å². The van der Waals surface area contributed by atoms with Crippen LogP contribution in [0.15, 0.2) is 174 Å². The van der Waals surface area contributed by atoms with Crippen LogP contribution in [-0.2, 0) is 10.8 Å². The van der Waals surface area contributed by atoms with Crippen molar-refractivity contribution >= 4 is 85.5 Å². The molecule has 1 aromatic heterocycles. The lowest BCUT2D eigenvalue weighted by Gasteiger charge is -2.43. The fourth-order valence-electron chi connectivity index (χ4n) is 8.00. The number of benzene rings is 7.